The van der Waals surface area contributed by atoms with Gasteiger partial charge in [-0.05, 0) is 29.8 Å². The first kappa shape index (κ1) is 18.0. The van der Waals surface area contributed by atoms with Crippen LogP contribution in [0.5, 0.6) is 0 Å². The number of hydrogen-bond donors (Lipinski definition) is 3. The highest BCUT2D eigenvalue weighted by Gasteiger charge is 2.19. The molecule has 4 nitrogen and oxygen atoms in total. The average molecular weight is 339 g/mol. The van der Waals surface area contributed by atoms with Gasteiger partial charge in [0.15, 0.2) is 0 Å². The molecule has 0 spiro atoms. The minimum Gasteiger partial charge on any atom is -0.388 e. The lowest BCUT2D eigenvalue weighted by Crippen LogP contribution is -2.30. The molecule has 0 aliphatic carbocycles. The van der Waals surface area contributed by atoms with E-state index in [9.17, 15) is 28.2 Å². The Morgan fingerprint density at radius 3 is 2.25 bits per heavy atom. The van der Waals surface area contributed by atoms with Gasteiger partial charge in [0, 0.05) is 6.54 Å². The molecular formula is C17H16F3NO3. The lowest BCUT2D eigenvalue weighted by molar-refractivity contribution is -0.123. The summed E-state index contributed by atoms with van der Waals surface area (Å²) in [4.78, 5) is 11.8. The van der Waals surface area contributed by atoms with Crippen molar-refractivity contribution in [1.82, 2.24) is 5.32 Å². The Bertz CT molecular complexity index is 704. The zero-order chi connectivity index (χ0) is 17.7. The van der Waals surface area contributed by atoms with E-state index in [1.54, 1.807) is 0 Å². The number of benzene rings is 2. The fourth-order valence-corrected chi connectivity index (χ4v) is 2.22. The summed E-state index contributed by atoms with van der Waals surface area (Å²) in [5.41, 5.74) is -0.311. The minimum absolute atomic E-state index is 0.228. The standard InChI is InChI=1S/C17H16F3NO3/c18-11-4-1-3-10(7-11)14(22)8-16(24)21-9-15(23)17-12(19)5-2-6-13(17)20/h1-7,14-15,22-23H,8-9H2,(H,21,24). The van der Waals surface area contributed by atoms with Crippen molar-refractivity contribution >= 4 is 5.91 Å². The molecule has 3 N–H and O–H groups in total. The fraction of sp³-hybridized carbons (Fsp3) is 0.235. The van der Waals surface area contributed by atoms with E-state index >= 15 is 0 Å². The van der Waals surface area contributed by atoms with E-state index in [0.29, 0.717) is 0 Å². The normalized spacial score (nSPS) is 13.4. The summed E-state index contributed by atoms with van der Waals surface area (Å²) in [6.45, 7) is -0.424. The van der Waals surface area contributed by atoms with Gasteiger partial charge < -0.3 is 15.5 Å². The number of halogens is 3. The highest BCUT2D eigenvalue weighted by molar-refractivity contribution is 5.76. The number of nitrogens with one attached hydrogen (secondary N) is 1. The Balaban J connectivity index is 1.91. The topological polar surface area (TPSA) is 69.6 Å². The number of aliphatic hydroxyl groups is 2. The molecule has 0 aliphatic rings. The van der Waals surface area contributed by atoms with Crippen LogP contribution >= 0.6 is 0 Å². The Kier molecular flexibility index (Phi) is 5.94. The van der Waals surface area contributed by atoms with Gasteiger partial charge in [0.25, 0.3) is 0 Å². The SMILES string of the molecule is O=C(CC(O)c1cccc(F)c1)NCC(O)c1c(F)cccc1F. The van der Waals surface area contributed by atoms with Gasteiger partial charge in [-0.25, -0.2) is 13.2 Å². The Morgan fingerprint density at radius 2 is 1.62 bits per heavy atom. The van der Waals surface area contributed by atoms with Crippen molar-refractivity contribution in [2.75, 3.05) is 6.54 Å². The van der Waals surface area contributed by atoms with Gasteiger partial charge in [0.2, 0.25) is 5.91 Å². The number of hydrogen-bond acceptors (Lipinski definition) is 3. The monoisotopic (exact) mass is 339 g/mol. The summed E-state index contributed by atoms with van der Waals surface area (Å²) < 4.78 is 40.1. The molecule has 0 fully saturated rings. The van der Waals surface area contributed by atoms with Gasteiger partial charge in [0.05, 0.1) is 18.1 Å². The summed E-state index contributed by atoms with van der Waals surface area (Å²) in [6.07, 6.45) is -3.18. The van der Waals surface area contributed by atoms with Crippen LogP contribution in [-0.4, -0.2) is 22.7 Å². The van der Waals surface area contributed by atoms with E-state index in [-0.39, 0.29) is 12.0 Å². The molecule has 2 aromatic rings. The second-order valence-electron chi connectivity index (χ2n) is 5.23. The maximum atomic E-state index is 13.5. The predicted molar refractivity (Wildman–Crippen MR) is 80.3 cm³/mol. The molecular weight excluding hydrogens is 323 g/mol. The Hall–Kier alpha value is -2.38. The highest BCUT2D eigenvalue weighted by atomic mass is 19.1. The minimum atomic E-state index is -1.57. The molecule has 1 amide bonds. The molecule has 2 aromatic carbocycles. The number of carbonyl (C=O) groups is 1. The molecule has 0 aliphatic heterocycles. The fourth-order valence-electron chi connectivity index (χ4n) is 2.22. The molecule has 0 radical (unpaired) electrons. The lowest BCUT2D eigenvalue weighted by atomic mass is 10.1. The molecule has 128 valence electrons. The van der Waals surface area contributed by atoms with Crippen LogP contribution in [0.2, 0.25) is 0 Å². The lowest BCUT2D eigenvalue weighted by Gasteiger charge is -2.15. The van der Waals surface area contributed by atoms with Crippen LogP contribution in [-0.2, 0) is 4.79 Å². The van der Waals surface area contributed by atoms with Gasteiger partial charge in [-0.2, -0.15) is 0 Å². The summed E-state index contributed by atoms with van der Waals surface area (Å²) in [6, 6.07) is 8.32. The third-order valence-corrected chi connectivity index (χ3v) is 3.44. The molecule has 2 unspecified atom stereocenters. The van der Waals surface area contributed by atoms with Crippen LogP contribution < -0.4 is 5.32 Å². The number of rotatable bonds is 6. The van der Waals surface area contributed by atoms with Gasteiger partial charge in [0.1, 0.15) is 23.6 Å². The van der Waals surface area contributed by atoms with Crippen molar-refractivity contribution in [1.29, 1.82) is 0 Å². The largest absolute Gasteiger partial charge is 0.388 e. The van der Waals surface area contributed by atoms with Crippen molar-refractivity contribution in [3.8, 4) is 0 Å². The number of amides is 1. The maximum absolute atomic E-state index is 13.5. The van der Waals surface area contributed by atoms with Crippen LogP contribution in [0.1, 0.15) is 29.8 Å². The summed E-state index contributed by atoms with van der Waals surface area (Å²) >= 11 is 0. The first-order valence-electron chi connectivity index (χ1n) is 7.20. The highest BCUT2D eigenvalue weighted by Crippen LogP contribution is 2.21. The zero-order valence-electron chi connectivity index (χ0n) is 12.5. The van der Waals surface area contributed by atoms with Gasteiger partial charge in [-0.15, -0.1) is 0 Å². The van der Waals surface area contributed by atoms with Crippen molar-refractivity contribution < 1.29 is 28.2 Å². The Morgan fingerprint density at radius 1 is 1.00 bits per heavy atom. The van der Waals surface area contributed by atoms with E-state index < -0.39 is 47.7 Å². The summed E-state index contributed by atoms with van der Waals surface area (Å²) in [5, 5.41) is 22.0. The van der Waals surface area contributed by atoms with Crippen molar-refractivity contribution in [2.24, 2.45) is 0 Å². The third kappa shape index (κ3) is 4.56. The first-order valence-corrected chi connectivity index (χ1v) is 7.20. The summed E-state index contributed by atoms with van der Waals surface area (Å²) in [5.74, 6) is -3.03. The third-order valence-electron chi connectivity index (χ3n) is 3.44. The molecule has 0 saturated heterocycles. The molecule has 7 heteroatoms. The second kappa shape index (κ2) is 7.94. The first-order chi connectivity index (χ1) is 11.4. The van der Waals surface area contributed by atoms with Crippen LogP contribution in [0.15, 0.2) is 42.5 Å². The van der Waals surface area contributed by atoms with Crippen molar-refractivity contribution in [2.45, 2.75) is 18.6 Å². The van der Waals surface area contributed by atoms with Gasteiger partial charge in [-0.3, -0.25) is 4.79 Å². The van der Waals surface area contributed by atoms with E-state index in [1.165, 1.54) is 18.2 Å². The molecule has 0 bridgehead atoms. The average Bonchev–Trinajstić information content (AvgIpc) is 2.52. The van der Waals surface area contributed by atoms with Crippen LogP contribution in [0, 0.1) is 17.5 Å². The molecule has 2 atom stereocenters. The molecule has 0 aromatic heterocycles. The number of carbonyl (C=O) groups excluding carboxylic acids is 1. The molecule has 0 heterocycles. The zero-order valence-corrected chi connectivity index (χ0v) is 12.5. The summed E-state index contributed by atoms with van der Waals surface area (Å²) in [7, 11) is 0. The van der Waals surface area contributed by atoms with Crippen molar-refractivity contribution in [3.05, 3.63) is 71.0 Å². The second-order valence-corrected chi connectivity index (χ2v) is 5.23. The van der Waals surface area contributed by atoms with Gasteiger partial charge >= 0.3 is 0 Å². The van der Waals surface area contributed by atoms with E-state index in [0.717, 1.165) is 24.3 Å². The maximum Gasteiger partial charge on any atom is 0.223 e. The van der Waals surface area contributed by atoms with Crippen LogP contribution in [0.25, 0.3) is 0 Å². The van der Waals surface area contributed by atoms with E-state index in [2.05, 4.69) is 5.32 Å². The van der Waals surface area contributed by atoms with E-state index in [1.807, 2.05) is 0 Å². The Labute approximate surface area is 136 Å². The smallest absolute Gasteiger partial charge is 0.223 e. The van der Waals surface area contributed by atoms with Gasteiger partial charge in [-0.1, -0.05) is 18.2 Å². The molecule has 24 heavy (non-hydrogen) atoms. The predicted octanol–water partition coefficient (Wildman–Crippen LogP) is 2.38. The quantitative estimate of drug-likeness (QED) is 0.757. The molecule has 0 saturated carbocycles. The van der Waals surface area contributed by atoms with Crippen molar-refractivity contribution in [3.63, 3.8) is 0 Å². The molecule has 2 rings (SSSR count). The van der Waals surface area contributed by atoms with Crippen LogP contribution in [0.3, 0.4) is 0 Å². The van der Waals surface area contributed by atoms with Crippen LogP contribution in [0.4, 0.5) is 13.2 Å². The number of aliphatic hydroxyl groups excluding tert-OH is 2. The van der Waals surface area contributed by atoms with E-state index in [4.69, 9.17) is 0 Å².